The summed E-state index contributed by atoms with van der Waals surface area (Å²) in [6, 6.07) is 27.6. The summed E-state index contributed by atoms with van der Waals surface area (Å²) in [4.78, 5) is 11.1. The van der Waals surface area contributed by atoms with Crippen molar-refractivity contribution >= 4 is 86.2 Å². The molecule has 5 rings (SSSR count). The van der Waals surface area contributed by atoms with Crippen LogP contribution in [0.5, 0.6) is 0 Å². The first-order valence-corrected chi connectivity index (χ1v) is 14.9. The van der Waals surface area contributed by atoms with Gasteiger partial charge >= 0.3 is 0 Å². The molecule has 0 amide bonds. The van der Waals surface area contributed by atoms with E-state index in [1.807, 2.05) is 96.4 Å². The summed E-state index contributed by atoms with van der Waals surface area (Å²) in [5.74, 6) is -1.88. The van der Waals surface area contributed by atoms with E-state index in [-0.39, 0.29) is 17.6 Å². The molecule has 5 nitrogen and oxygen atoms in total. The maximum atomic E-state index is 6.48. The summed E-state index contributed by atoms with van der Waals surface area (Å²) in [6.07, 6.45) is 0. The van der Waals surface area contributed by atoms with Crippen molar-refractivity contribution in [1.82, 2.24) is 4.57 Å². The van der Waals surface area contributed by atoms with Crippen molar-refractivity contribution in [2.75, 3.05) is 0 Å². The molecule has 0 N–H and O–H groups in total. The normalized spacial score (nSPS) is 15.0. The van der Waals surface area contributed by atoms with Gasteiger partial charge in [-0.2, -0.15) is 4.74 Å². The molecule has 0 unspecified atom stereocenters. The minimum atomic E-state index is -2.97. The van der Waals surface area contributed by atoms with E-state index in [4.69, 9.17) is 44.1 Å². The minimum absolute atomic E-state index is 0. The van der Waals surface area contributed by atoms with Gasteiger partial charge in [0.2, 0.25) is 0 Å². The van der Waals surface area contributed by atoms with E-state index in [0.29, 0.717) is 21.3 Å². The van der Waals surface area contributed by atoms with Crippen LogP contribution in [0.1, 0.15) is 16.0 Å². The van der Waals surface area contributed by atoms with Crippen molar-refractivity contribution in [1.29, 1.82) is 0 Å². The number of hydrogen-bond donors (Lipinski definition) is 0. The van der Waals surface area contributed by atoms with E-state index < -0.39 is 5.91 Å². The van der Waals surface area contributed by atoms with Crippen molar-refractivity contribution in [3.8, 4) is 5.69 Å². The van der Waals surface area contributed by atoms with Crippen LogP contribution in [0, 0.1) is 6.92 Å². The van der Waals surface area contributed by atoms with Crippen LogP contribution in [0.4, 0.5) is 11.5 Å². The average molecular weight is 581 g/mol. The Labute approximate surface area is 227 Å². The Kier molecular flexibility index (Phi) is 8.02. The van der Waals surface area contributed by atoms with Gasteiger partial charge in [-0.1, -0.05) is 89.2 Å². The topological polar surface area (TPSA) is 54.4 Å². The van der Waals surface area contributed by atoms with Gasteiger partial charge in [0.05, 0.1) is 5.69 Å². The first kappa shape index (κ1) is 25.9. The highest BCUT2D eigenvalue weighted by molar-refractivity contribution is 8.09. The molecule has 0 saturated heterocycles. The van der Waals surface area contributed by atoms with Gasteiger partial charge < -0.3 is 0 Å². The number of thiazole rings is 1. The zero-order valence-corrected chi connectivity index (χ0v) is 23.0. The van der Waals surface area contributed by atoms with Crippen LogP contribution in [0.25, 0.3) is 5.69 Å². The Morgan fingerprint density at radius 3 is 2.20 bits per heavy atom. The number of amidine groups is 1. The molecule has 1 aliphatic rings. The maximum Gasteiger partial charge on any atom is 0.256 e. The highest BCUT2D eigenvalue weighted by Crippen LogP contribution is 2.66. The van der Waals surface area contributed by atoms with Crippen LogP contribution < -0.4 is 4.80 Å². The van der Waals surface area contributed by atoms with Crippen molar-refractivity contribution in [2.45, 2.75) is 6.92 Å². The summed E-state index contributed by atoms with van der Waals surface area (Å²) in [6.45, 7) is 2.04. The number of benzene rings is 3. The molecule has 0 atom stereocenters. The first-order valence-electron chi connectivity index (χ1n) is 10.2. The SMILES string of the molecule is Cc1ccc(C(=Nc2ccccc2)N=c2sc3c(n2-c2ccccc2)N=P(Cl)(Cl)N=C3Cl)cc1.Cl. The van der Waals surface area contributed by atoms with Gasteiger partial charge in [-0.05, 0) is 53.7 Å². The molecular weight excluding hydrogens is 563 g/mol. The Morgan fingerprint density at radius 2 is 1.54 bits per heavy atom. The summed E-state index contributed by atoms with van der Waals surface area (Å²) in [5, 5.41) is 0.233. The predicted octanol–water partition coefficient (Wildman–Crippen LogP) is 9.00. The predicted molar refractivity (Wildman–Crippen MR) is 153 cm³/mol. The highest BCUT2D eigenvalue weighted by atomic mass is 35.9. The quantitative estimate of drug-likeness (QED) is 0.132. The number of aromatic nitrogens is 1. The van der Waals surface area contributed by atoms with E-state index in [2.05, 4.69) is 9.51 Å². The van der Waals surface area contributed by atoms with Crippen LogP contribution >= 0.6 is 63.7 Å². The molecule has 0 radical (unpaired) electrons. The second kappa shape index (κ2) is 10.8. The third-order valence-electron chi connectivity index (χ3n) is 4.93. The third kappa shape index (κ3) is 5.80. The van der Waals surface area contributed by atoms with E-state index in [0.717, 1.165) is 22.5 Å². The number of aliphatic imine (C=N–C) groups is 1. The zero-order valence-electron chi connectivity index (χ0n) is 18.2. The smallest absolute Gasteiger partial charge is 0.256 e. The van der Waals surface area contributed by atoms with Crippen LogP contribution in [-0.4, -0.2) is 15.6 Å². The Bertz CT molecular complexity index is 1540. The zero-order chi connectivity index (χ0) is 23.7. The van der Waals surface area contributed by atoms with Gasteiger partial charge in [0.1, 0.15) is 4.88 Å². The summed E-state index contributed by atoms with van der Waals surface area (Å²) in [5.41, 5.74) is 3.68. The fraction of sp³-hybridized carbons (Fsp3) is 0.0417. The minimum Gasteiger partial charge on any atom is -0.269 e. The molecule has 2 heterocycles. The second-order valence-corrected chi connectivity index (χ2v) is 13.4. The van der Waals surface area contributed by atoms with Gasteiger partial charge in [-0.25, -0.2) is 14.7 Å². The van der Waals surface area contributed by atoms with Gasteiger partial charge in [-0.3, -0.25) is 4.57 Å². The number of aryl methyl sites for hydroxylation is 1. The van der Waals surface area contributed by atoms with Crippen LogP contribution in [0.2, 0.25) is 0 Å². The number of halogens is 4. The second-order valence-electron chi connectivity index (χ2n) is 7.40. The number of rotatable bonds is 3. The molecule has 1 aliphatic heterocycles. The van der Waals surface area contributed by atoms with Crippen molar-refractivity contribution in [2.24, 2.45) is 19.5 Å². The molecule has 0 aliphatic carbocycles. The monoisotopic (exact) mass is 579 g/mol. The summed E-state index contributed by atoms with van der Waals surface area (Å²) in [7, 11) is 0. The lowest BCUT2D eigenvalue weighted by atomic mass is 10.1. The molecule has 0 bridgehead atoms. The standard InChI is InChI=1S/C24H17Cl3N5PS.ClH/c1-16-12-14-17(15-13-16)22(28-18-8-4-2-5-9-18)29-24-32(19-10-6-3-7-11-19)23-20(34-24)21(25)30-33(26,27)31-23;/h2-15H,1H3;1H. The average Bonchev–Trinajstić information content (AvgIpc) is 3.17. The van der Waals surface area contributed by atoms with Gasteiger partial charge in [0, 0.05) is 11.3 Å². The lowest BCUT2D eigenvalue weighted by Crippen LogP contribution is -2.15. The molecule has 3 aromatic carbocycles. The Morgan fingerprint density at radius 1 is 0.914 bits per heavy atom. The fourth-order valence-electron chi connectivity index (χ4n) is 3.34. The van der Waals surface area contributed by atoms with Gasteiger partial charge in [0.15, 0.2) is 21.6 Å². The number of para-hydroxylation sites is 2. The lowest BCUT2D eigenvalue weighted by molar-refractivity contribution is 1.00. The van der Waals surface area contributed by atoms with Crippen LogP contribution in [0.3, 0.4) is 0 Å². The summed E-state index contributed by atoms with van der Waals surface area (Å²) < 4.78 is 10.6. The van der Waals surface area contributed by atoms with Gasteiger partial charge in [-0.15, -0.1) is 12.4 Å². The molecule has 178 valence electrons. The molecule has 4 aromatic rings. The van der Waals surface area contributed by atoms with Crippen LogP contribution in [-0.2, 0) is 0 Å². The number of fused-ring (bicyclic) bond motifs is 1. The Hall–Kier alpha value is -2.18. The Balaban J connectivity index is 0.00000289. The van der Waals surface area contributed by atoms with Crippen molar-refractivity contribution in [3.05, 3.63) is 106 Å². The van der Waals surface area contributed by atoms with E-state index in [1.165, 1.54) is 11.3 Å². The van der Waals surface area contributed by atoms with E-state index in [1.54, 1.807) is 0 Å². The summed E-state index contributed by atoms with van der Waals surface area (Å²) >= 11 is 20.6. The lowest BCUT2D eigenvalue weighted by Gasteiger charge is -2.13. The maximum absolute atomic E-state index is 6.48. The van der Waals surface area contributed by atoms with E-state index in [9.17, 15) is 0 Å². The third-order valence-corrected chi connectivity index (χ3v) is 8.24. The largest absolute Gasteiger partial charge is 0.269 e. The van der Waals surface area contributed by atoms with Crippen molar-refractivity contribution in [3.63, 3.8) is 0 Å². The molecule has 0 fully saturated rings. The van der Waals surface area contributed by atoms with E-state index >= 15 is 0 Å². The molecular formula is C24H18Cl4N5PS. The molecule has 0 spiro atoms. The molecule has 0 saturated carbocycles. The van der Waals surface area contributed by atoms with Crippen molar-refractivity contribution < 1.29 is 0 Å². The van der Waals surface area contributed by atoms with Gasteiger partial charge in [0.25, 0.3) is 5.91 Å². The highest BCUT2D eigenvalue weighted by Gasteiger charge is 2.27. The molecule has 1 aromatic heterocycles. The fourth-order valence-corrected chi connectivity index (χ4v) is 6.85. The number of nitrogens with zero attached hydrogens (tertiary/aromatic N) is 5. The van der Waals surface area contributed by atoms with Crippen LogP contribution in [0.15, 0.2) is 104 Å². The molecule has 11 heteroatoms. The molecule has 35 heavy (non-hydrogen) atoms. The first-order chi connectivity index (χ1) is 16.4. The number of hydrogen-bond acceptors (Lipinski definition) is 4.